The van der Waals surface area contributed by atoms with E-state index in [1.165, 1.54) is 14.0 Å². The molecule has 0 saturated carbocycles. The van der Waals surface area contributed by atoms with Gasteiger partial charge in [0, 0.05) is 29.1 Å². The fraction of sp³-hybridized carbons (Fsp3) is 0.211. The molecule has 2 heterocycles. The second-order valence-corrected chi connectivity index (χ2v) is 5.78. The number of pyridine rings is 1. The number of nitrogens with one attached hydrogen (secondary N) is 1. The van der Waals surface area contributed by atoms with Crippen molar-refractivity contribution in [2.24, 2.45) is 0 Å². The first kappa shape index (κ1) is 18.2. The Bertz CT molecular complexity index is 953. The number of ketones is 1. The maximum Gasteiger partial charge on any atom is 0.246 e. The van der Waals surface area contributed by atoms with E-state index in [1.807, 2.05) is 0 Å². The molecule has 0 unspecified atom stereocenters. The number of rotatable bonds is 7. The van der Waals surface area contributed by atoms with E-state index in [0.29, 0.717) is 28.6 Å². The number of ether oxygens (including phenoxy) is 1. The molecule has 0 radical (unpaired) electrons. The number of hydrogen-bond donors (Lipinski definition) is 1. The zero-order valence-electron chi connectivity index (χ0n) is 14.9. The van der Waals surface area contributed by atoms with E-state index in [2.05, 4.69) is 20.4 Å². The molecule has 3 aromatic rings. The number of methoxy groups -OCH3 is 1. The highest BCUT2D eigenvalue weighted by Crippen LogP contribution is 2.21. The van der Waals surface area contributed by atoms with Gasteiger partial charge in [-0.25, -0.2) is 0 Å². The van der Waals surface area contributed by atoms with Crippen molar-refractivity contribution in [2.45, 2.75) is 19.9 Å². The molecule has 0 bridgehead atoms. The van der Waals surface area contributed by atoms with Gasteiger partial charge >= 0.3 is 0 Å². The summed E-state index contributed by atoms with van der Waals surface area (Å²) in [6, 6.07) is 8.54. The van der Waals surface area contributed by atoms with Gasteiger partial charge in [0.25, 0.3) is 0 Å². The van der Waals surface area contributed by atoms with E-state index in [4.69, 9.17) is 9.26 Å². The SMILES string of the molecule is COc1ccc(C(C)=O)cc1CC(=O)NCc1nc(-c2ccncc2)no1. The van der Waals surface area contributed by atoms with Crippen LogP contribution in [0.1, 0.15) is 28.7 Å². The van der Waals surface area contributed by atoms with Crippen molar-refractivity contribution >= 4 is 11.7 Å². The minimum absolute atomic E-state index is 0.0651. The zero-order valence-corrected chi connectivity index (χ0v) is 14.9. The number of aromatic nitrogens is 3. The van der Waals surface area contributed by atoms with Crippen molar-refractivity contribution in [1.29, 1.82) is 0 Å². The molecule has 0 aliphatic carbocycles. The van der Waals surface area contributed by atoms with E-state index < -0.39 is 0 Å². The number of nitrogens with zero attached hydrogens (tertiary/aromatic N) is 3. The van der Waals surface area contributed by atoms with Gasteiger partial charge in [-0.15, -0.1) is 0 Å². The molecule has 0 saturated heterocycles. The fourth-order valence-corrected chi connectivity index (χ4v) is 2.49. The number of Topliss-reactive ketones (excluding diaryl/α,β-unsaturated/α-hetero) is 1. The summed E-state index contributed by atoms with van der Waals surface area (Å²) in [6.07, 6.45) is 3.33. The van der Waals surface area contributed by atoms with Gasteiger partial charge in [0.05, 0.1) is 20.1 Å². The number of amides is 1. The minimum atomic E-state index is -0.252. The van der Waals surface area contributed by atoms with Gasteiger partial charge in [-0.3, -0.25) is 14.6 Å². The number of benzene rings is 1. The van der Waals surface area contributed by atoms with Crippen LogP contribution in [0.5, 0.6) is 5.75 Å². The van der Waals surface area contributed by atoms with Crippen molar-refractivity contribution in [1.82, 2.24) is 20.4 Å². The molecule has 1 aromatic carbocycles. The average Bonchev–Trinajstić information content (AvgIpc) is 3.16. The molecule has 138 valence electrons. The molecule has 0 aliphatic heterocycles. The van der Waals surface area contributed by atoms with Crippen LogP contribution in [0.15, 0.2) is 47.2 Å². The van der Waals surface area contributed by atoms with Crippen LogP contribution >= 0.6 is 0 Å². The van der Waals surface area contributed by atoms with Crippen LogP contribution in [0.25, 0.3) is 11.4 Å². The highest BCUT2D eigenvalue weighted by atomic mass is 16.5. The van der Waals surface area contributed by atoms with Gasteiger partial charge in [-0.2, -0.15) is 4.98 Å². The largest absolute Gasteiger partial charge is 0.496 e. The molecule has 8 heteroatoms. The summed E-state index contributed by atoms with van der Waals surface area (Å²) in [4.78, 5) is 32.0. The summed E-state index contributed by atoms with van der Waals surface area (Å²) in [7, 11) is 1.52. The Labute approximate surface area is 155 Å². The van der Waals surface area contributed by atoms with Crippen LogP contribution in [0.3, 0.4) is 0 Å². The Hall–Kier alpha value is -3.55. The molecular weight excluding hydrogens is 348 g/mol. The standard InChI is InChI=1S/C19H18N4O4/c1-12(24)14-3-4-16(26-2)15(9-14)10-17(25)21-11-18-22-19(23-27-18)13-5-7-20-8-6-13/h3-9H,10-11H2,1-2H3,(H,21,25). The third-order valence-corrected chi connectivity index (χ3v) is 3.88. The number of hydrogen-bond acceptors (Lipinski definition) is 7. The molecule has 3 rings (SSSR count). The molecular formula is C19H18N4O4. The van der Waals surface area contributed by atoms with E-state index in [1.54, 1.807) is 42.7 Å². The average molecular weight is 366 g/mol. The van der Waals surface area contributed by atoms with Crippen molar-refractivity contribution < 1.29 is 18.8 Å². The lowest BCUT2D eigenvalue weighted by Crippen LogP contribution is -2.25. The molecule has 27 heavy (non-hydrogen) atoms. The number of carbonyl (C=O) groups is 2. The minimum Gasteiger partial charge on any atom is -0.496 e. The van der Waals surface area contributed by atoms with Crippen LogP contribution in [-0.2, 0) is 17.8 Å². The predicted molar refractivity (Wildman–Crippen MR) is 96.1 cm³/mol. The highest BCUT2D eigenvalue weighted by Gasteiger charge is 2.13. The van der Waals surface area contributed by atoms with Gasteiger partial charge in [-0.05, 0) is 37.3 Å². The molecule has 0 fully saturated rings. The van der Waals surface area contributed by atoms with Crippen molar-refractivity contribution in [3.63, 3.8) is 0 Å². The summed E-state index contributed by atoms with van der Waals surface area (Å²) in [6.45, 7) is 1.58. The molecule has 1 amide bonds. The molecule has 0 aliphatic rings. The Morgan fingerprint density at radius 1 is 1.19 bits per heavy atom. The zero-order chi connectivity index (χ0) is 19.2. The first-order valence-corrected chi connectivity index (χ1v) is 8.24. The third kappa shape index (κ3) is 4.55. The molecule has 0 atom stereocenters. The Balaban J connectivity index is 1.63. The summed E-state index contributed by atoms with van der Waals surface area (Å²) in [5.41, 5.74) is 1.93. The smallest absolute Gasteiger partial charge is 0.246 e. The van der Waals surface area contributed by atoms with Gasteiger partial charge in [0.15, 0.2) is 5.78 Å². The second kappa shape index (κ2) is 8.22. The lowest BCUT2D eigenvalue weighted by Gasteiger charge is -2.09. The van der Waals surface area contributed by atoms with Gasteiger partial charge in [0.1, 0.15) is 5.75 Å². The lowest BCUT2D eigenvalue weighted by molar-refractivity contribution is -0.120. The van der Waals surface area contributed by atoms with E-state index >= 15 is 0 Å². The lowest BCUT2D eigenvalue weighted by atomic mass is 10.0. The molecule has 8 nitrogen and oxygen atoms in total. The monoisotopic (exact) mass is 366 g/mol. The van der Waals surface area contributed by atoms with Gasteiger partial charge < -0.3 is 14.6 Å². The summed E-state index contributed by atoms with van der Waals surface area (Å²) in [5, 5.41) is 6.61. The Kier molecular flexibility index (Phi) is 5.55. The highest BCUT2D eigenvalue weighted by molar-refractivity contribution is 5.94. The summed E-state index contributed by atoms with van der Waals surface area (Å²) < 4.78 is 10.4. The molecule has 1 N–H and O–H groups in total. The van der Waals surface area contributed by atoms with E-state index in [9.17, 15) is 9.59 Å². The van der Waals surface area contributed by atoms with Crippen LogP contribution in [0.2, 0.25) is 0 Å². The Morgan fingerprint density at radius 2 is 1.96 bits per heavy atom. The third-order valence-electron chi connectivity index (χ3n) is 3.88. The first-order valence-electron chi connectivity index (χ1n) is 8.24. The van der Waals surface area contributed by atoms with Crippen LogP contribution in [-0.4, -0.2) is 33.9 Å². The number of carbonyl (C=O) groups excluding carboxylic acids is 2. The van der Waals surface area contributed by atoms with Crippen LogP contribution in [0, 0.1) is 0 Å². The second-order valence-electron chi connectivity index (χ2n) is 5.78. The normalized spacial score (nSPS) is 10.4. The van der Waals surface area contributed by atoms with E-state index in [-0.39, 0.29) is 24.7 Å². The Morgan fingerprint density at radius 3 is 2.67 bits per heavy atom. The van der Waals surface area contributed by atoms with Crippen molar-refractivity contribution in [3.8, 4) is 17.1 Å². The first-order chi connectivity index (χ1) is 13.1. The molecule has 0 spiro atoms. The predicted octanol–water partition coefficient (Wildman–Crippen LogP) is 2.20. The van der Waals surface area contributed by atoms with Gasteiger partial charge in [-0.1, -0.05) is 5.16 Å². The summed E-state index contributed by atoms with van der Waals surface area (Å²) >= 11 is 0. The topological polar surface area (TPSA) is 107 Å². The molecule has 2 aromatic heterocycles. The maximum atomic E-state index is 12.3. The maximum absolute atomic E-state index is 12.3. The summed E-state index contributed by atoms with van der Waals surface area (Å²) in [5.74, 6) is 0.941. The van der Waals surface area contributed by atoms with E-state index in [0.717, 1.165) is 5.56 Å². The van der Waals surface area contributed by atoms with Gasteiger partial charge in [0.2, 0.25) is 17.6 Å². The van der Waals surface area contributed by atoms with Crippen molar-refractivity contribution in [3.05, 3.63) is 59.7 Å². The van der Waals surface area contributed by atoms with Crippen LogP contribution < -0.4 is 10.1 Å². The van der Waals surface area contributed by atoms with Crippen LogP contribution in [0.4, 0.5) is 0 Å². The quantitative estimate of drug-likeness (QED) is 0.639. The van der Waals surface area contributed by atoms with Crippen molar-refractivity contribution in [2.75, 3.05) is 7.11 Å². The fourth-order valence-electron chi connectivity index (χ4n) is 2.49.